The number of likely N-dealkylation sites (tertiary alicyclic amines) is 1. The molecule has 0 spiro atoms. The van der Waals surface area contributed by atoms with Crippen molar-refractivity contribution >= 4 is 22.8 Å². The number of carbonyl (C=O) groups excluding carboxylic acids is 1. The highest BCUT2D eigenvalue weighted by molar-refractivity contribution is 5.97. The van der Waals surface area contributed by atoms with Gasteiger partial charge in [0.05, 0.1) is 16.9 Å². The van der Waals surface area contributed by atoms with E-state index in [-0.39, 0.29) is 18.3 Å². The predicted octanol–water partition coefficient (Wildman–Crippen LogP) is 0.855. The van der Waals surface area contributed by atoms with Crippen LogP contribution in [0.25, 0.3) is 22.2 Å². The number of rotatable bonds is 1. The number of aliphatic hydroxyl groups is 1. The lowest BCUT2D eigenvalue weighted by molar-refractivity contribution is -0.137. The average Bonchev–Trinajstić information content (AvgIpc) is 3.15. The Balaban J connectivity index is 1.85. The maximum absolute atomic E-state index is 12.1. The van der Waals surface area contributed by atoms with E-state index in [0.717, 1.165) is 22.2 Å². The molecule has 1 aliphatic rings. The van der Waals surface area contributed by atoms with E-state index in [1.54, 1.807) is 19.3 Å². The molecule has 1 amide bonds. The molecule has 27 heavy (non-hydrogen) atoms. The summed E-state index contributed by atoms with van der Waals surface area (Å²) in [4.78, 5) is 21.8. The molecular formula is C19H18N6O2. The fraction of sp³-hybridized carbons (Fsp3) is 0.263. The minimum Gasteiger partial charge on any atom is -0.369 e. The molecule has 0 radical (unpaired) electrons. The Labute approximate surface area is 155 Å². The van der Waals surface area contributed by atoms with Crippen LogP contribution >= 0.6 is 0 Å². The molecule has 1 fully saturated rings. The molecule has 3 heterocycles. The van der Waals surface area contributed by atoms with E-state index in [4.69, 9.17) is 5.73 Å². The van der Waals surface area contributed by atoms with Crippen LogP contribution in [0.2, 0.25) is 0 Å². The van der Waals surface area contributed by atoms with Gasteiger partial charge in [0.15, 0.2) is 0 Å². The molecule has 0 bridgehead atoms. The summed E-state index contributed by atoms with van der Waals surface area (Å²) < 4.78 is 0. The van der Waals surface area contributed by atoms with E-state index in [0.29, 0.717) is 17.8 Å². The van der Waals surface area contributed by atoms with Gasteiger partial charge in [-0.3, -0.25) is 9.89 Å². The van der Waals surface area contributed by atoms with Crippen molar-refractivity contribution in [3.8, 4) is 23.1 Å². The fourth-order valence-electron chi connectivity index (χ4n) is 3.26. The van der Waals surface area contributed by atoms with Gasteiger partial charge in [0.1, 0.15) is 0 Å². The first-order valence-electron chi connectivity index (χ1n) is 8.46. The number of benzene rings is 1. The van der Waals surface area contributed by atoms with Crippen LogP contribution in [0.15, 0.2) is 24.4 Å². The minimum atomic E-state index is -1.65. The van der Waals surface area contributed by atoms with Crippen molar-refractivity contribution in [2.75, 3.05) is 19.3 Å². The van der Waals surface area contributed by atoms with Gasteiger partial charge in [0.2, 0.25) is 11.5 Å². The third-order valence-corrected chi connectivity index (χ3v) is 4.72. The summed E-state index contributed by atoms with van der Waals surface area (Å²) in [5, 5.41) is 18.7. The summed E-state index contributed by atoms with van der Waals surface area (Å²) in [6, 6.07) is 5.45. The number of hydrogen-bond donors (Lipinski definition) is 3. The lowest BCUT2D eigenvalue weighted by atomic mass is 9.99. The van der Waals surface area contributed by atoms with Gasteiger partial charge in [-0.15, -0.1) is 0 Å². The summed E-state index contributed by atoms with van der Waals surface area (Å²) >= 11 is 0. The van der Waals surface area contributed by atoms with E-state index in [2.05, 4.69) is 32.0 Å². The molecule has 1 atom stereocenters. The zero-order chi connectivity index (χ0) is 19.2. The second-order valence-corrected chi connectivity index (χ2v) is 6.64. The van der Waals surface area contributed by atoms with Gasteiger partial charge in [0, 0.05) is 42.7 Å². The van der Waals surface area contributed by atoms with Gasteiger partial charge in [-0.25, -0.2) is 9.97 Å². The first-order chi connectivity index (χ1) is 12.9. The number of fused-ring (bicyclic) bond motifs is 1. The molecule has 2 aromatic heterocycles. The fourth-order valence-corrected chi connectivity index (χ4v) is 3.26. The molecule has 4 N–H and O–H groups in total. The molecule has 8 nitrogen and oxygen atoms in total. The van der Waals surface area contributed by atoms with E-state index < -0.39 is 5.60 Å². The van der Waals surface area contributed by atoms with Crippen LogP contribution in [0.1, 0.15) is 17.7 Å². The summed E-state index contributed by atoms with van der Waals surface area (Å²) in [5.41, 5.74) is 7.78. The molecule has 0 saturated carbocycles. The second kappa shape index (κ2) is 6.07. The van der Waals surface area contributed by atoms with E-state index >= 15 is 0 Å². The lowest BCUT2D eigenvalue weighted by Crippen LogP contribution is -2.37. The van der Waals surface area contributed by atoms with Crippen LogP contribution in [0.5, 0.6) is 0 Å². The van der Waals surface area contributed by atoms with Crippen LogP contribution in [0.3, 0.4) is 0 Å². The molecule has 0 aliphatic carbocycles. The highest BCUT2D eigenvalue weighted by atomic mass is 16.3. The second-order valence-electron chi connectivity index (χ2n) is 6.64. The van der Waals surface area contributed by atoms with Crippen LogP contribution in [0, 0.1) is 18.8 Å². The van der Waals surface area contributed by atoms with Gasteiger partial charge in [-0.05, 0) is 25.1 Å². The van der Waals surface area contributed by atoms with Crippen molar-refractivity contribution in [1.29, 1.82) is 0 Å². The summed E-state index contributed by atoms with van der Waals surface area (Å²) in [6.45, 7) is 2.38. The van der Waals surface area contributed by atoms with Crippen LogP contribution in [-0.4, -0.2) is 55.3 Å². The van der Waals surface area contributed by atoms with Crippen LogP contribution < -0.4 is 5.73 Å². The number of likely N-dealkylation sites (N-methyl/N-ethyl adjacent to an activating group) is 1. The molecule has 1 saturated heterocycles. The van der Waals surface area contributed by atoms with Gasteiger partial charge < -0.3 is 15.7 Å². The SMILES string of the molecule is Cc1n[nH]c2cc(C#CC3(O)CCN(C)C3=O)cc(-c3ccnc(N)n3)c12. The number of aromatic nitrogens is 4. The number of aryl methyl sites for hydroxylation is 1. The number of anilines is 1. The smallest absolute Gasteiger partial charge is 0.267 e. The summed E-state index contributed by atoms with van der Waals surface area (Å²) in [5.74, 6) is 5.47. The lowest BCUT2D eigenvalue weighted by Gasteiger charge is -2.13. The molecule has 1 aliphatic heterocycles. The molecule has 136 valence electrons. The molecule has 3 aromatic rings. The minimum absolute atomic E-state index is 0.173. The monoisotopic (exact) mass is 362 g/mol. The van der Waals surface area contributed by atoms with Crippen molar-refractivity contribution < 1.29 is 9.90 Å². The summed E-state index contributed by atoms with van der Waals surface area (Å²) in [7, 11) is 1.65. The Hall–Kier alpha value is -3.44. The standard InChI is InChI=1S/C19H18N6O2/c1-11-16-13(14-4-7-21-18(20)22-14)9-12(10-15(16)24-23-11)3-5-19(27)6-8-25(2)17(19)26/h4,7,9-10,27H,6,8H2,1-2H3,(H,23,24)(H2,20,21,22). The van der Waals surface area contributed by atoms with Crippen molar-refractivity contribution in [3.63, 3.8) is 0 Å². The first kappa shape index (κ1) is 17.0. The van der Waals surface area contributed by atoms with Crippen LogP contribution in [0.4, 0.5) is 5.95 Å². The van der Waals surface area contributed by atoms with Gasteiger partial charge in [-0.2, -0.15) is 5.10 Å². The molecule has 8 heteroatoms. The number of nitrogen functional groups attached to an aromatic ring is 1. The number of carbonyl (C=O) groups is 1. The summed E-state index contributed by atoms with van der Waals surface area (Å²) in [6.07, 6.45) is 1.88. The number of amides is 1. The average molecular weight is 362 g/mol. The topological polar surface area (TPSA) is 121 Å². The van der Waals surface area contributed by atoms with E-state index in [9.17, 15) is 9.90 Å². The van der Waals surface area contributed by atoms with Crippen molar-refractivity contribution in [1.82, 2.24) is 25.1 Å². The normalized spacial score (nSPS) is 19.4. The maximum atomic E-state index is 12.1. The molecule has 1 aromatic carbocycles. The number of nitrogens with zero attached hydrogens (tertiary/aromatic N) is 4. The highest BCUT2D eigenvalue weighted by Crippen LogP contribution is 2.30. The number of H-pyrrole nitrogens is 1. The number of nitrogens with one attached hydrogen (secondary N) is 1. The molecule has 4 rings (SSSR count). The molecular weight excluding hydrogens is 344 g/mol. The predicted molar refractivity (Wildman–Crippen MR) is 100 cm³/mol. The molecule has 1 unspecified atom stereocenters. The number of aromatic amines is 1. The van der Waals surface area contributed by atoms with Gasteiger partial charge in [0.25, 0.3) is 5.91 Å². The Morgan fingerprint density at radius 1 is 1.41 bits per heavy atom. The quantitative estimate of drug-likeness (QED) is 0.552. The number of nitrogens with two attached hydrogens (primary N) is 1. The van der Waals surface area contributed by atoms with Gasteiger partial charge >= 0.3 is 0 Å². The van der Waals surface area contributed by atoms with Crippen LogP contribution in [-0.2, 0) is 4.79 Å². The zero-order valence-corrected chi connectivity index (χ0v) is 14.9. The Morgan fingerprint density at radius 2 is 2.22 bits per heavy atom. The van der Waals surface area contributed by atoms with Gasteiger partial charge in [-0.1, -0.05) is 11.8 Å². The third kappa shape index (κ3) is 2.88. The Morgan fingerprint density at radius 3 is 2.93 bits per heavy atom. The van der Waals surface area contributed by atoms with Crippen molar-refractivity contribution in [3.05, 3.63) is 35.7 Å². The van der Waals surface area contributed by atoms with E-state index in [1.165, 1.54) is 4.90 Å². The maximum Gasteiger partial charge on any atom is 0.267 e. The van der Waals surface area contributed by atoms with Crippen molar-refractivity contribution in [2.24, 2.45) is 0 Å². The third-order valence-electron chi connectivity index (χ3n) is 4.72. The first-order valence-corrected chi connectivity index (χ1v) is 8.46. The Bertz CT molecular complexity index is 1130. The zero-order valence-electron chi connectivity index (χ0n) is 14.9. The largest absolute Gasteiger partial charge is 0.369 e. The van der Waals surface area contributed by atoms with E-state index in [1.807, 2.05) is 19.1 Å². The highest BCUT2D eigenvalue weighted by Gasteiger charge is 2.42. The Kier molecular flexibility index (Phi) is 3.82. The van der Waals surface area contributed by atoms with Crippen molar-refractivity contribution in [2.45, 2.75) is 18.9 Å². The number of hydrogen-bond acceptors (Lipinski definition) is 6.